The molecule has 0 spiro atoms. The van der Waals surface area contributed by atoms with Crippen molar-refractivity contribution < 1.29 is 4.79 Å². The average Bonchev–Trinajstić information content (AvgIpc) is 2.45. The van der Waals surface area contributed by atoms with Crippen molar-refractivity contribution in [1.29, 1.82) is 5.26 Å². The molecule has 3 nitrogen and oxygen atoms in total. The molecular weight excluding hydrogens is 304 g/mol. The van der Waals surface area contributed by atoms with E-state index < -0.39 is 5.54 Å². The summed E-state index contributed by atoms with van der Waals surface area (Å²) in [6.45, 7) is 7.46. The van der Waals surface area contributed by atoms with Crippen molar-refractivity contribution in [2.75, 3.05) is 0 Å². The summed E-state index contributed by atoms with van der Waals surface area (Å²) in [5.41, 5.74) is 0.294. The maximum Gasteiger partial charge on any atom is 0.234 e. The van der Waals surface area contributed by atoms with Crippen LogP contribution in [0, 0.1) is 17.2 Å². The molecule has 2 atom stereocenters. The molecule has 0 heterocycles. The zero-order valence-corrected chi connectivity index (χ0v) is 14.4. The second-order valence-electron chi connectivity index (χ2n) is 5.54. The van der Waals surface area contributed by atoms with E-state index >= 15 is 0 Å². The SMILES string of the molecule is CC(C)[C@](C)(C#N)NC(=O)[C@@H](C)SCc1ccc(Cl)cc1. The molecule has 0 saturated carbocycles. The van der Waals surface area contributed by atoms with Gasteiger partial charge >= 0.3 is 0 Å². The highest BCUT2D eigenvalue weighted by molar-refractivity contribution is 7.99. The van der Waals surface area contributed by atoms with Gasteiger partial charge in [0.05, 0.1) is 11.3 Å². The Morgan fingerprint density at radius 2 is 1.95 bits per heavy atom. The van der Waals surface area contributed by atoms with Crippen LogP contribution >= 0.6 is 23.4 Å². The van der Waals surface area contributed by atoms with Crippen LogP contribution in [0.2, 0.25) is 5.02 Å². The van der Waals surface area contributed by atoms with Crippen molar-refractivity contribution in [2.45, 2.75) is 44.2 Å². The number of hydrogen-bond donors (Lipinski definition) is 1. The van der Waals surface area contributed by atoms with E-state index in [1.165, 1.54) is 0 Å². The number of nitrogens with one attached hydrogen (secondary N) is 1. The van der Waals surface area contributed by atoms with Gasteiger partial charge in [0.2, 0.25) is 5.91 Å². The third-order valence-electron chi connectivity index (χ3n) is 3.55. The van der Waals surface area contributed by atoms with E-state index in [0.29, 0.717) is 5.02 Å². The molecule has 21 heavy (non-hydrogen) atoms. The van der Waals surface area contributed by atoms with Gasteiger partial charge in [-0.15, -0.1) is 11.8 Å². The zero-order valence-electron chi connectivity index (χ0n) is 12.8. The molecule has 114 valence electrons. The van der Waals surface area contributed by atoms with Gasteiger partial charge in [0.15, 0.2) is 0 Å². The number of nitrogens with zero attached hydrogens (tertiary/aromatic N) is 1. The normalized spacial score (nSPS) is 15.1. The van der Waals surface area contributed by atoms with E-state index in [2.05, 4.69) is 11.4 Å². The fourth-order valence-electron chi connectivity index (χ4n) is 1.54. The van der Waals surface area contributed by atoms with Crippen LogP contribution in [-0.2, 0) is 10.5 Å². The van der Waals surface area contributed by atoms with Crippen molar-refractivity contribution in [2.24, 2.45) is 5.92 Å². The molecule has 1 amide bonds. The number of amides is 1. The van der Waals surface area contributed by atoms with Crippen LogP contribution in [0.1, 0.15) is 33.3 Å². The van der Waals surface area contributed by atoms with Crippen molar-refractivity contribution in [3.63, 3.8) is 0 Å². The van der Waals surface area contributed by atoms with Gasteiger partial charge < -0.3 is 5.32 Å². The lowest BCUT2D eigenvalue weighted by molar-refractivity contribution is -0.121. The second-order valence-corrected chi connectivity index (χ2v) is 7.30. The summed E-state index contributed by atoms with van der Waals surface area (Å²) in [6.07, 6.45) is 0. The number of hydrogen-bond acceptors (Lipinski definition) is 3. The van der Waals surface area contributed by atoms with E-state index in [0.717, 1.165) is 11.3 Å². The molecular formula is C16H21ClN2OS. The van der Waals surface area contributed by atoms with E-state index in [4.69, 9.17) is 11.6 Å². The van der Waals surface area contributed by atoms with Gasteiger partial charge in [0.1, 0.15) is 5.54 Å². The summed E-state index contributed by atoms with van der Waals surface area (Å²) in [4.78, 5) is 12.2. The fraction of sp³-hybridized carbons (Fsp3) is 0.500. The quantitative estimate of drug-likeness (QED) is 0.860. The summed E-state index contributed by atoms with van der Waals surface area (Å²) in [5.74, 6) is 0.683. The van der Waals surface area contributed by atoms with Gasteiger partial charge in [0.25, 0.3) is 0 Å². The Balaban J connectivity index is 2.55. The van der Waals surface area contributed by atoms with E-state index in [9.17, 15) is 10.1 Å². The molecule has 0 aliphatic carbocycles. The summed E-state index contributed by atoms with van der Waals surface area (Å²) >= 11 is 7.38. The average molecular weight is 325 g/mol. The standard InChI is InChI=1S/C16H21ClN2OS/c1-11(2)16(4,10-18)19-15(20)12(3)21-9-13-5-7-14(17)8-6-13/h5-8,11-12H,9H2,1-4H3,(H,19,20)/t12-,16+/m1/s1. The third kappa shape index (κ3) is 5.26. The number of nitriles is 1. The zero-order chi connectivity index (χ0) is 16.0. The molecule has 0 saturated heterocycles. The van der Waals surface area contributed by atoms with Crippen LogP contribution < -0.4 is 5.32 Å². The highest BCUT2D eigenvalue weighted by Gasteiger charge is 2.31. The predicted octanol–water partition coefficient (Wildman–Crippen LogP) is 4.02. The maximum atomic E-state index is 12.2. The van der Waals surface area contributed by atoms with E-state index in [-0.39, 0.29) is 17.1 Å². The third-order valence-corrected chi connectivity index (χ3v) is 5.02. The van der Waals surface area contributed by atoms with Gasteiger partial charge in [-0.3, -0.25) is 4.79 Å². The topological polar surface area (TPSA) is 52.9 Å². The smallest absolute Gasteiger partial charge is 0.234 e. The molecule has 1 rings (SSSR count). The van der Waals surface area contributed by atoms with Crippen LogP contribution in [0.5, 0.6) is 0 Å². The number of carbonyl (C=O) groups excluding carboxylic acids is 1. The molecule has 0 aromatic heterocycles. The second kappa shape index (κ2) is 7.72. The van der Waals surface area contributed by atoms with E-state index in [1.807, 2.05) is 45.0 Å². The number of benzene rings is 1. The van der Waals surface area contributed by atoms with Crippen LogP contribution in [-0.4, -0.2) is 16.7 Å². The molecule has 5 heteroatoms. The molecule has 0 unspecified atom stereocenters. The lowest BCUT2D eigenvalue weighted by Crippen LogP contribution is -2.51. The van der Waals surface area contributed by atoms with Gasteiger partial charge in [-0.25, -0.2) is 0 Å². The van der Waals surface area contributed by atoms with Crippen LogP contribution in [0.3, 0.4) is 0 Å². The van der Waals surface area contributed by atoms with Crippen molar-refractivity contribution in [3.8, 4) is 6.07 Å². The van der Waals surface area contributed by atoms with Gasteiger partial charge in [-0.05, 0) is 37.5 Å². The molecule has 0 fully saturated rings. The highest BCUT2D eigenvalue weighted by Crippen LogP contribution is 2.21. The molecule has 0 bridgehead atoms. The minimum Gasteiger partial charge on any atom is -0.337 e. The first-order valence-corrected chi connectivity index (χ1v) is 8.30. The van der Waals surface area contributed by atoms with Gasteiger partial charge in [-0.1, -0.05) is 37.6 Å². The number of carbonyl (C=O) groups is 1. The summed E-state index contributed by atoms with van der Waals surface area (Å²) in [6, 6.07) is 9.77. The lowest BCUT2D eigenvalue weighted by Gasteiger charge is -2.28. The summed E-state index contributed by atoms with van der Waals surface area (Å²) < 4.78 is 0. The predicted molar refractivity (Wildman–Crippen MR) is 89.2 cm³/mol. The summed E-state index contributed by atoms with van der Waals surface area (Å²) in [5, 5.41) is 12.6. The Morgan fingerprint density at radius 3 is 2.43 bits per heavy atom. The maximum absolute atomic E-state index is 12.2. The van der Waals surface area contributed by atoms with Gasteiger partial charge in [0, 0.05) is 10.8 Å². The number of rotatable bonds is 6. The molecule has 0 aliphatic rings. The minimum absolute atomic E-state index is 0.0555. The molecule has 0 radical (unpaired) electrons. The highest BCUT2D eigenvalue weighted by atomic mass is 35.5. The van der Waals surface area contributed by atoms with Crippen LogP contribution in [0.15, 0.2) is 24.3 Å². The van der Waals surface area contributed by atoms with Crippen molar-refractivity contribution >= 4 is 29.3 Å². The Morgan fingerprint density at radius 1 is 1.38 bits per heavy atom. The van der Waals surface area contributed by atoms with Crippen molar-refractivity contribution in [1.82, 2.24) is 5.32 Å². The van der Waals surface area contributed by atoms with E-state index in [1.54, 1.807) is 18.7 Å². The molecule has 1 aromatic carbocycles. The van der Waals surface area contributed by atoms with Gasteiger partial charge in [-0.2, -0.15) is 5.26 Å². The molecule has 1 aromatic rings. The Hall–Kier alpha value is -1.18. The van der Waals surface area contributed by atoms with Crippen LogP contribution in [0.4, 0.5) is 0 Å². The molecule has 0 aliphatic heterocycles. The number of thioether (sulfide) groups is 1. The Kier molecular flexibility index (Phi) is 6.57. The Bertz CT molecular complexity index is 524. The number of halogens is 1. The largest absolute Gasteiger partial charge is 0.337 e. The monoisotopic (exact) mass is 324 g/mol. The first-order valence-electron chi connectivity index (χ1n) is 6.88. The first kappa shape index (κ1) is 17.9. The minimum atomic E-state index is -0.827. The Labute approximate surface area is 136 Å². The van der Waals surface area contributed by atoms with Crippen molar-refractivity contribution in [3.05, 3.63) is 34.9 Å². The lowest BCUT2D eigenvalue weighted by atomic mass is 9.90. The van der Waals surface area contributed by atoms with Crippen LogP contribution in [0.25, 0.3) is 0 Å². The first-order chi connectivity index (χ1) is 9.78. The summed E-state index contributed by atoms with van der Waals surface area (Å²) in [7, 11) is 0. The molecule has 1 N–H and O–H groups in total. The fourth-order valence-corrected chi connectivity index (χ4v) is 2.51.